The number of nitrogens with zero attached hydrogens (tertiary/aromatic N) is 5. The zero-order chi connectivity index (χ0) is 16.5. The van der Waals surface area contributed by atoms with Crippen LogP contribution in [-0.2, 0) is 0 Å². The lowest BCUT2D eigenvalue weighted by molar-refractivity contribution is 0.643. The normalized spacial score (nSPS) is 14.8. The van der Waals surface area contributed by atoms with Gasteiger partial charge in [0.2, 0.25) is 0 Å². The number of aryl methyl sites for hydroxylation is 1. The second-order valence-corrected chi connectivity index (χ2v) is 6.87. The Bertz CT molecular complexity index is 919. The molecule has 0 amide bonds. The van der Waals surface area contributed by atoms with Crippen molar-refractivity contribution in [2.24, 2.45) is 0 Å². The molecule has 1 saturated heterocycles. The molecule has 0 aliphatic carbocycles. The van der Waals surface area contributed by atoms with Crippen molar-refractivity contribution in [3.05, 3.63) is 47.0 Å². The lowest BCUT2D eigenvalue weighted by atomic mass is 10.1. The molecule has 3 heterocycles. The molecular weight excluding hydrogens is 318 g/mol. The highest BCUT2D eigenvalue weighted by atomic mass is 32.1. The van der Waals surface area contributed by atoms with E-state index in [1.807, 2.05) is 6.92 Å². The van der Waals surface area contributed by atoms with Crippen LogP contribution in [0.3, 0.4) is 0 Å². The molecule has 0 unspecified atom stereocenters. The van der Waals surface area contributed by atoms with Crippen LogP contribution >= 0.6 is 11.3 Å². The van der Waals surface area contributed by atoms with Gasteiger partial charge in [-0.2, -0.15) is 10.4 Å². The summed E-state index contributed by atoms with van der Waals surface area (Å²) in [6.45, 7) is 5.36. The molecule has 4 rings (SSSR count). The van der Waals surface area contributed by atoms with E-state index in [0.717, 1.165) is 31.9 Å². The molecule has 0 radical (unpaired) electrons. The fourth-order valence-corrected chi connectivity index (χ4v) is 4.02. The van der Waals surface area contributed by atoms with Crippen molar-refractivity contribution in [2.75, 3.05) is 36.0 Å². The third kappa shape index (κ3) is 2.57. The van der Waals surface area contributed by atoms with Crippen LogP contribution in [0, 0.1) is 18.3 Å². The van der Waals surface area contributed by atoms with Crippen molar-refractivity contribution in [1.82, 2.24) is 10.2 Å². The molecule has 0 spiro atoms. The Kier molecular flexibility index (Phi) is 3.79. The molecule has 2 aromatic heterocycles. The van der Waals surface area contributed by atoms with Crippen molar-refractivity contribution in [1.29, 1.82) is 5.26 Å². The number of hydrogen-bond donors (Lipinski definition) is 0. The standard InChI is InChI=1S/C18H17N5S/c1-13-11-14(12-19)18(21-20-13)23-8-6-22(7-9-23)16-3-2-4-17-15(16)5-10-24-17/h2-5,10-11H,6-9H2,1H3. The summed E-state index contributed by atoms with van der Waals surface area (Å²) >= 11 is 1.78. The van der Waals surface area contributed by atoms with E-state index in [-0.39, 0.29) is 0 Å². The molecule has 24 heavy (non-hydrogen) atoms. The SMILES string of the molecule is Cc1cc(C#N)c(N2CCN(c3cccc4sccc34)CC2)nn1. The molecule has 0 bridgehead atoms. The number of fused-ring (bicyclic) bond motifs is 1. The maximum atomic E-state index is 9.34. The van der Waals surface area contributed by atoms with Crippen molar-refractivity contribution in [3.8, 4) is 6.07 Å². The molecule has 1 aliphatic heterocycles. The zero-order valence-electron chi connectivity index (χ0n) is 13.4. The van der Waals surface area contributed by atoms with Crippen LogP contribution in [0.25, 0.3) is 10.1 Å². The predicted octanol–water partition coefficient (Wildman–Crippen LogP) is 3.20. The van der Waals surface area contributed by atoms with Gasteiger partial charge in [-0.05, 0) is 36.6 Å². The largest absolute Gasteiger partial charge is 0.367 e. The summed E-state index contributed by atoms with van der Waals surface area (Å²) in [5.74, 6) is 0.705. The minimum absolute atomic E-state index is 0.607. The van der Waals surface area contributed by atoms with Gasteiger partial charge in [0.1, 0.15) is 6.07 Å². The van der Waals surface area contributed by atoms with Crippen LogP contribution in [-0.4, -0.2) is 36.4 Å². The maximum absolute atomic E-state index is 9.34. The van der Waals surface area contributed by atoms with Crippen molar-refractivity contribution in [3.63, 3.8) is 0 Å². The number of piperazine rings is 1. The van der Waals surface area contributed by atoms with E-state index in [4.69, 9.17) is 0 Å². The van der Waals surface area contributed by atoms with Gasteiger partial charge in [0, 0.05) is 42.0 Å². The van der Waals surface area contributed by atoms with Gasteiger partial charge < -0.3 is 9.80 Å². The van der Waals surface area contributed by atoms with E-state index in [1.54, 1.807) is 17.4 Å². The Morgan fingerprint density at radius 1 is 1.08 bits per heavy atom. The average Bonchev–Trinajstić information content (AvgIpc) is 3.10. The van der Waals surface area contributed by atoms with E-state index in [0.29, 0.717) is 11.4 Å². The molecule has 1 aromatic carbocycles. The summed E-state index contributed by atoms with van der Waals surface area (Å²) in [6.07, 6.45) is 0. The Morgan fingerprint density at radius 2 is 1.88 bits per heavy atom. The number of thiophene rings is 1. The Morgan fingerprint density at radius 3 is 2.67 bits per heavy atom. The van der Waals surface area contributed by atoms with Gasteiger partial charge in [0.25, 0.3) is 0 Å². The molecule has 0 saturated carbocycles. The van der Waals surface area contributed by atoms with E-state index in [1.165, 1.54) is 15.8 Å². The number of anilines is 2. The second-order valence-electron chi connectivity index (χ2n) is 5.92. The molecule has 1 fully saturated rings. The molecule has 120 valence electrons. The quantitative estimate of drug-likeness (QED) is 0.720. The van der Waals surface area contributed by atoms with Gasteiger partial charge in [-0.3, -0.25) is 0 Å². The summed E-state index contributed by atoms with van der Waals surface area (Å²) in [5.41, 5.74) is 2.68. The first-order chi connectivity index (χ1) is 11.8. The molecule has 3 aromatic rings. The lowest BCUT2D eigenvalue weighted by Crippen LogP contribution is -2.47. The average molecular weight is 335 g/mol. The van der Waals surface area contributed by atoms with E-state index >= 15 is 0 Å². The molecular formula is C18H17N5S. The first-order valence-corrected chi connectivity index (χ1v) is 8.85. The highest BCUT2D eigenvalue weighted by Gasteiger charge is 2.22. The lowest BCUT2D eigenvalue weighted by Gasteiger charge is -2.37. The molecule has 5 nitrogen and oxygen atoms in total. The fraction of sp³-hybridized carbons (Fsp3) is 0.278. The third-order valence-electron chi connectivity index (χ3n) is 4.41. The van der Waals surface area contributed by atoms with Gasteiger partial charge in [0.05, 0.1) is 11.3 Å². The topological polar surface area (TPSA) is 56.1 Å². The number of rotatable bonds is 2. The minimum Gasteiger partial charge on any atom is -0.367 e. The van der Waals surface area contributed by atoms with E-state index < -0.39 is 0 Å². The van der Waals surface area contributed by atoms with Gasteiger partial charge in [-0.1, -0.05) is 6.07 Å². The van der Waals surface area contributed by atoms with E-state index in [2.05, 4.69) is 55.7 Å². The highest BCUT2D eigenvalue weighted by Crippen LogP contribution is 2.31. The van der Waals surface area contributed by atoms with Crippen LogP contribution < -0.4 is 9.80 Å². The van der Waals surface area contributed by atoms with Crippen LogP contribution in [0.5, 0.6) is 0 Å². The summed E-state index contributed by atoms with van der Waals surface area (Å²) in [5, 5.41) is 21.2. The summed E-state index contributed by atoms with van der Waals surface area (Å²) < 4.78 is 1.33. The number of aromatic nitrogens is 2. The zero-order valence-corrected chi connectivity index (χ0v) is 14.3. The van der Waals surface area contributed by atoms with Crippen molar-refractivity contribution in [2.45, 2.75) is 6.92 Å². The van der Waals surface area contributed by atoms with Gasteiger partial charge in [-0.15, -0.1) is 16.4 Å². The maximum Gasteiger partial charge on any atom is 0.169 e. The van der Waals surface area contributed by atoms with Crippen LogP contribution in [0.15, 0.2) is 35.7 Å². The summed E-state index contributed by atoms with van der Waals surface area (Å²) in [6, 6.07) is 12.7. The Balaban J connectivity index is 1.55. The first kappa shape index (κ1) is 14.9. The molecule has 0 atom stereocenters. The third-order valence-corrected chi connectivity index (χ3v) is 5.29. The number of nitriles is 1. The fourth-order valence-electron chi connectivity index (χ4n) is 3.21. The Hall–Kier alpha value is -2.65. The van der Waals surface area contributed by atoms with Crippen LogP contribution in [0.4, 0.5) is 11.5 Å². The highest BCUT2D eigenvalue weighted by molar-refractivity contribution is 7.17. The monoisotopic (exact) mass is 335 g/mol. The van der Waals surface area contributed by atoms with Gasteiger partial charge in [0.15, 0.2) is 5.82 Å². The first-order valence-electron chi connectivity index (χ1n) is 7.97. The van der Waals surface area contributed by atoms with Gasteiger partial charge >= 0.3 is 0 Å². The number of benzene rings is 1. The molecule has 6 heteroatoms. The van der Waals surface area contributed by atoms with Crippen LogP contribution in [0.1, 0.15) is 11.3 Å². The van der Waals surface area contributed by atoms with Crippen molar-refractivity contribution >= 4 is 32.9 Å². The van der Waals surface area contributed by atoms with Crippen molar-refractivity contribution < 1.29 is 0 Å². The predicted molar refractivity (Wildman–Crippen MR) is 97.7 cm³/mol. The number of hydrogen-bond acceptors (Lipinski definition) is 6. The second kappa shape index (κ2) is 6.10. The molecule has 1 aliphatic rings. The summed E-state index contributed by atoms with van der Waals surface area (Å²) in [7, 11) is 0. The van der Waals surface area contributed by atoms with Crippen LogP contribution in [0.2, 0.25) is 0 Å². The Labute approximate surface area is 144 Å². The van der Waals surface area contributed by atoms with Gasteiger partial charge in [-0.25, -0.2) is 0 Å². The minimum atomic E-state index is 0.607. The smallest absolute Gasteiger partial charge is 0.169 e. The molecule has 0 N–H and O–H groups in total. The summed E-state index contributed by atoms with van der Waals surface area (Å²) in [4.78, 5) is 4.58. The van der Waals surface area contributed by atoms with E-state index in [9.17, 15) is 5.26 Å².